The van der Waals surface area contributed by atoms with E-state index in [1.807, 2.05) is 58.2 Å². The molecule has 0 radical (unpaired) electrons. The lowest BCUT2D eigenvalue weighted by atomic mass is 9.99. The predicted octanol–water partition coefficient (Wildman–Crippen LogP) is 6.39. The summed E-state index contributed by atoms with van der Waals surface area (Å²) in [5, 5.41) is 10.9. The molecule has 0 saturated carbocycles. The van der Waals surface area contributed by atoms with E-state index < -0.39 is 30.1 Å². The first-order chi connectivity index (χ1) is 20.7. The highest BCUT2D eigenvalue weighted by Gasteiger charge is 2.43. The van der Waals surface area contributed by atoms with Crippen LogP contribution in [0.3, 0.4) is 0 Å². The average Bonchev–Trinajstić information content (AvgIpc) is 3.60. The van der Waals surface area contributed by atoms with Gasteiger partial charge in [0.25, 0.3) is 0 Å². The molecule has 1 aromatic rings. The zero-order valence-corrected chi connectivity index (χ0v) is 26.1. The molecule has 1 aromatic carbocycles. The van der Waals surface area contributed by atoms with Crippen molar-refractivity contribution < 1.29 is 38.3 Å². The molecule has 1 unspecified atom stereocenters. The Morgan fingerprint density at radius 2 is 1.86 bits per heavy atom. The molecule has 1 fully saturated rings. The van der Waals surface area contributed by atoms with Crippen LogP contribution in [0.15, 0.2) is 47.6 Å². The van der Waals surface area contributed by atoms with Crippen molar-refractivity contribution in [2.24, 2.45) is 10.9 Å². The summed E-state index contributed by atoms with van der Waals surface area (Å²) >= 11 is 0. The van der Waals surface area contributed by atoms with Gasteiger partial charge in [-0.3, -0.25) is 4.99 Å². The van der Waals surface area contributed by atoms with Crippen LogP contribution in [0.25, 0.3) is 6.08 Å². The zero-order valence-electron chi connectivity index (χ0n) is 26.1. The summed E-state index contributed by atoms with van der Waals surface area (Å²) in [4.78, 5) is 17.9. The van der Waals surface area contributed by atoms with Crippen molar-refractivity contribution >= 4 is 17.8 Å². The molecule has 3 heterocycles. The number of esters is 1. The average molecular weight is 598 g/mol. The summed E-state index contributed by atoms with van der Waals surface area (Å²) in [5.74, 6) is -0.583. The summed E-state index contributed by atoms with van der Waals surface area (Å²) in [6.07, 6.45) is 15.7. The quantitative estimate of drug-likeness (QED) is 0.135. The molecule has 0 amide bonds. The van der Waals surface area contributed by atoms with Crippen LogP contribution < -0.4 is 9.47 Å². The number of hydrogen-bond donors (Lipinski definition) is 1. The van der Waals surface area contributed by atoms with Gasteiger partial charge in [-0.2, -0.15) is 0 Å². The number of benzene rings is 1. The highest BCUT2D eigenvalue weighted by molar-refractivity contribution is 5.97. The molecule has 0 spiro atoms. The number of aliphatic hydroxyl groups excluding tert-OH is 1. The lowest BCUT2D eigenvalue weighted by Gasteiger charge is -2.23. The van der Waals surface area contributed by atoms with Crippen LogP contribution in [0.5, 0.6) is 11.5 Å². The maximum absolute atomic E-state index is 13.6. The molecule has 236 valence electrons. The largest absolute Gasteiger partial charge is 0.493 e. The molecular weight excluding hydrogens is 550 g/mol. The minimum atomic E-state index is -0.872. The van der Waals surface area contributed by atoms with Gasteiger partial charge in [-0.05, 0) is 58.1 Å². The number of methoxy groups -OCH3 is 1. The fourth-order valence-electron chi connectivity index (χ4n) is 5.38. The van der Waals surface area contributed by atoms with E-state index in [1.54, 1.807) is 12.1 Å². The molecular formula is C34H47NO8. The number of aliphatic hydroxyl groups is 1. The van der Waals surface area contributed by atoms with Gasteiger partial charge in [-0.25, -0.2) is 4.79 Å². The minimum absolute atomic E-state index is 0.0374. The lowest BCUT2D eigenvalue weighted by molar-refractivity contribution is -0.152. The molecule has 9 heteroatoms. The standard InChI is InChI=1S/C34H47NO8/c1-23-16-17-28(36)32-29(42-34(3,4)43-32)15-10-12-25-20-27(39-19-9-7-6-8-13-26-14-11-18-35-26)21-30(40-22-38-5)31(25)33(37)41-24(23)2/h10-12,16-18,20-21,23-24,28-29,32,36H,6-9,13-15,19,22H2,1-5H3/b12-10+,17-16-/t23-,24+,28?,29+,32-/m1/s1. The summed E-state index contributed by atoms with van der Waals surface area (Å²) in [5.41, 5.74) is 2.16. The Bertz CT molecular complexity index is 1200. The number of unbranched alkanes of at least 4 members (excludes halogenated alkanes) is 3. The number of hydrogen-bond acceptors (Lipinski definition) is 9. The first kappa shape index (κ1) is 32.9. The van der Waals surface area contributed by atoms with Gasteiger partial charge in [0.05, 0.1) is 12.7 Å². The fraction of sp³-hybridized carbons (Fsp3) is 0.588. The molecule has 1 N–H and O–H groups in total. The van der Waals surface area contributed by atoms with Crippen LogP contribution >= 0.6 is 0 Å². The Morgan fingerprint density at radius 1 is 1.05 bits per heavy atom. The van der Waals surface area contributed by atoms with Crippen molar-refractivity contribution in [3.05, 3.63) is 53.8 Å². The summed E-state index contributed by atoms with van der Waals surface area (Å²) in [7, 11) is 1.53. The maximum atomic E-state index is 13.6. The molecule has 43 heavy (non-hydrogen) atoms. The Labute approximate surface area is 255 Å². The van der Waals surface area contributed by atoms with Gasteiger partial charge in [0, 0.05) is 37.4 Å². The Morgan fingerprint density at radius 3 is 2.63 bits per heavy atom. The van der Waals surface area contributed by atoms with Crippen molar-refractivity contribution in [2.45, 2.75) is 103 Å². The zero-order chi connectivity index (χ0) is 30.8. The van der Waals surface area contributed by atoms with Crippen molar-refractivity contribution in [1.82, 2.24) is 0 Å². The number of allylic oxidation sites excluding steroid dienone is 1. The highest BCUT2D eigenvalue weighted by atomic mass is 16.8. The van der Waals surface area contributed by atoms with E-state index >= 15 is 0 Å². The van der Waals surface area contributed by atoms with E-state index in [2.05, 4.69) is 11.1 Å². The second-order valence-electron chi connectivity index (χ2n) is 11.9. The molecule has 4 rings (SSSR count). The number of carbonyl (C=O) groups excluding carboxylic acids is 1. The SMILES string of the molecule is COCOc1cc(OCCCCCCC2=NC=CC2)cc2c1C(=O)O[C@@H](C)[C@H](C)/C=C\C(O)[C@H]1OC(C)(C)O[C@H]1C/C=C/2. The number of rotatable bonds is 11. The summed E-state index contributed by atoms with van der Waals surface area (Å²) < 4.78 is 35.2. The van der Waals surface area contributed by atoms with Gasteiger partial charge in [0.1, 0.15) is 35.4 Å². The predicted molar refractivity (Wildman–Crippen MR) is 165 cm³/mol. The van der Waals surface area contributed by atoms with E-state index in [-0.39, 0.29) is 18.8 Å². The van der Waals surface area contributed by atoms with Gasteiger partial charge in [-0.15, -0.1) is 0 Å². The third kappa shape index (κ3) is 9.50. The topological polar surface area (TPSA) is 105 Å². The van der Waals surface area contributed by atoms with Crippen LogP contribution in [0, 0.1) is 5.92 Å². The molecule has 0 aromatic heterocycles. The Kier molecular flexibility index (Phi) is 12.0. The lowest BCUT2D eigenvalue weighted by Crippen LogP contribution is -2.34. The van der Waals surface area contributed by atoms with E-state index in [0.29, 0.717) is 35.7 Å². The number of fused-ring (bicyclic) bond motifs is 2. The number of aliphatic imine (C=N–C) groups is 1. The van der Waals surface area contributed by atoms with Crippen LogP contribution in [0.4, 0.5) is 0 Å². The van der Waals surface area contributed by atoms with E-state index in [0.717, 1.165) is 38.5 Å². The van der Waals surface area contributed by atoms with Gasteiger partial charge in [0.15, 0.2) is 12.6 Å². The van der Waals surface area contributed by atoms with Crippen LogP contribution in [-0.2, 0) is 18.9 Å². The summed E-state index contributed by atoms with van der Waals surface area (Å²) in [6, 6.07) is 3.55. The van der Waals surface area contributed by atoms with Gasteiger partial charge < -0.3 is 33.5 Å². The minimum Gasteiger partial charge on any atom is -0.493 e. The van der Waals surface area contributed by atoms with Crippen molar-refractivity contribution in [3.63, 3.8) is 0 Å². The highest BCUT2D eigenvalue weighted by Crippen LogP contribution is 2.35. The van der Waals surface area contributed by atoms with Gasteiger partial charge >= 0.3 is 5.97 Å². The molecule has 5 atom stereocenters. The molecule has 9 nitrogen and oxygen atoms in total. The van der Waals surface area contributed by atoms with E-state index in [1.165, 1.54) is 12.8 Å². The van der Waals surface area contributed by atoms with E-state index in [9.17, 15) is 9.90 Å². The molecule has 3 aliphatic rings. The number of nitrogens with zero attached hydrogens (tertiary/aromatic N) is 1. The van der Waals surface area contributed by atoms with Gasteiger partial charge in [0.2, 0.25) is 0 Å². The normalized spacial score (nSPS) is 28.3. The second-order valence-corrected chi connectivity index (χ2v) is 11.9. The third-order valence-corrected chi connectivity index (χ3v) is 7.86. The Balaban J connectivity index is 1.53. The molecule has 0 aliphatic carbocycles. The van der Waals surface area contributed by atoms with Crippen molar-refractivity contribution in [3.8, 4) is 11.5 Å². The molecule has 1 saturated heterocycles. The second kappa shape index (κ2) is 15.7. The molecule has 3 aliphatic heterocycles. The third-order valence-electron chi connectivity index (χ3n) is 7.86. The van der Waals surface area contributed by atoms with Crippen molar-refractivity contribution in [2.75, 3.05) is 20.5 Å². The van der Waals surface area contributed by atoms with Crippen LogP contribution in [0.2, 0.25) is 0 Å². The first-order valence-electron chi connectivity index (χ1n) is 15.4. The smallest absolute Gasteiger partial charge is 0.342 e. The van der Waals surface area contributed by atoms with E-state index in [4.69, 9.17) is 28.4 Å². The number of ether oxygens (including phenoxy) is 6. The van der Waals surface area contributed by atoms with Crippen molar-refractivity contribution in [1.29, 1.82) is 0 Å². The Hall–Kier alpha value is -2.98. The van der Waals surface area contributed by atoms with Crippen LogP contribution in [-0.4, -0.2) is 67.5 Å². The first-order valence-corrected chi connectivity index (χ1v) is 15.4. The van der Waals surface area contributed by atoms with Gasteiger partial charge in [-0.1, -0.05) is 50.1 Å². The summed E-state index contributed by atoms with van der Waals surface area (Å²) in [6.45, 7) is 7.94. The van der Waals surface area contributed by atoms with Crippen LogP contribution in [0.1, 0.15) is 88.6 Å². The maximum Gasteiger partial charge on any atom is 0.342 e. The monoisotopic (exact) mass is 597 g/mol. The molecule has 0 bridgehead atoms. The fourth-order valence-corrected chi connectivity index (χ4v) is 5.38. The number of carbonyl (C=O) groups is 1. The number of cyclic esters (lactones) is 1.